The van der Waals surface area contributed by atoms with Crippen LogP contribution >= 0.6 is 0 Å². The molecule has 0 heterocycles. The number of amides is 1. The van der Waals surface area contributed by atoms with Crippen LogP contribution in [0.1, 0.15) is 43.1 Å². The van der Waals surface area contributed by atoms with Crippen molar-refractivity contribution in [2.75, 3.05) is 6.61 Å². The number of aryl methyl sites for hydroxylation is 1. The molecule has 3 heteroatoms. The van der Waals surface area contributed by atoms with Crippen LogP contribution in [0.3, 0.4) is 0 Å². The van der Waals surface area contributed by atoms with Crippen LogP contribution in [0.4, 0.5) is 0 Å². The van der Waals surface area contributed by atoms with Crippen molar-refractivity contribution >= 4 is 5.91 Å². The Morgan fingerprint density at radius 2 is 1.94 bits per heavy atom. The molecule has 0 bridgehead atoms. The van der Waals surface area contributed by atoms with Gasteiger partial charge in [-0.2, -0.15) is 0 Å². The number of aliphatic hydroxyl groups is 1. The van der Waals surface area contributed by atoms with Gasteiger partial charge < -0.3 is 10.4 Å². The number of rotatable bonds is 4. The van der Waals surface area contributed by atoms with Crippen LogP contribution in [0, 0.1) is 12.3 Å². The molecule has 0 saturated carbocycles. The molecule has 0 saturated heterocycles. The molecule has 0 unspecified atom stereocenters. The highest BCUT2D eigenvalue weighted by atomic mass is 16.3. The van der Waals surface area contributed by atoms with E-state index in [1.54, 1.807) is 0 Å². The predicted molar refractivity (Wildman–Crippen MR) is 73.6 cm³/mol. The van der Waals surface area contributed by atoms with Gasteiger partial charge in [0.2, 0.25) is 0 Å². The maximum atomic E-state index is 12.2. The van der Waals surface area contributed by atoms with Gasteiger partial charge in [0.1, 0.15) is 0 Å². The lowest BCUT2D eigenvalue weighted by Crippen LogP contribution is -2.44. The summed E-state index contributed by atoms with van der Waals surface area (Å²) in [5.41, 5.74) is 1.59. The van der Waals surface area contributed by atoms with Crippen molar-refractivity contribution in [1.82, 2.24) is 5.32 Å². The largest absolute Gasteiger partial charge is 0.396 e. The van der Waals surface area contributed by atoms with Crippen LogP contribution < -0.4 is 5.32 Å². The second-order valence-electron chi connectivity index (χ2n) is 5.72. The van der Waals surface area contributed by atoms with E-state index < -0.39 is 0 Å². The summed E-state index contributed by atoms with van der Waals surface area (Å²) in [5, 5.41) is 12.1. The van der Waals surface area contributed by atoms with Gasteiger partial charge in [-0.15, -0.1) is 0 Å². The highest BCUT2D eigenvalue weighted by Crippen LogP contribution is 2.22. The van der Waals surface area contributed by atoms with Gasteiger partial charge in [-0.1, -0.05) is 39.0 Å². The van der Waals surface area contributed by atoms with Crippen molar-refractivity contribution in [2.45, 2.75) is 40.2 Å². The number of carbonyl (C=O) groups is 1. The van der Waals surface area contributed by atoms with E-state index in [0.717, 1.165) is 5.56 Å². The Labute approximate surface area is 109 Å². The van der Waals surface area contributed by atoms with Gasteiger partial charge in [0.15, 0.2) is 0 Å². The molecule has 3 nitrogen and oxygen atoms in total. The normalized spacial score (nSPS) is 13.2. The third-order valence-corrected chi connectivity index (χ3v) is 3.16. The second kappa shape index (κ2) is 6.01. The number of benzene rings is 1. The van der Waals surface area contributed by atoms with Crippen LogP contribution in [0.25, 0.3) is 0 Å². The van der Waals surface area contributed by atoms with Crippen LogP contribution in [0.5, 0.6) is 0 Å². The van der Waals surface area contributed by atoms with Gasteiger partial charge in [0.25, 0.3) is 5.91 Å². The van der Waals surface area contributed by atoms with Crippen molar-refractivity contribution in [3.05, 3.63) is 35.4 Å². The monoisotopic (exact) mass is 249 g/mol. The molecule has 0 radical (unpaired) electrons. The lowest BCUT2D eigenvalue weighted by atomic mass is 9.84. The lowest BCUT2D eigenvalue weighted by molar-refractivity contribution is 0.0884. The van der Waals surface area contributed by atoms with E-state index in [-0.39, 0.29) is 24.0 Å². The van der Waals surface area contributed by atoms with Crippen LogP contribution in [-0.2, 0) is 0 Å². The van der Waals surface area contributed by atoms with Gasteiger partial charge in [-0.25, -0.2) is 0 Å². The summed E-state index contributed by atoms with van der Waals surface area (Å²) in [4.78, 5) is 12.2. The van der Waals surface area contributed by atoms with Gasteiger partial charge >= 0.3 is 0 Å². The highest BCUT2D eigenvalue weighted by Gasteiger charge is 2.26. The summed E-state index contributed by atoms with van der Waals surface area (Å²) in [6.45, 7) is 8.19. The third kappa shape index (κ3) is 3.84. The first-order chi connectivity index (χ1) is 8.36. The average Bonchev–Trinajstić information content (AvgIpc) is 2.27. The maximum absolute atomic E-state index is 12.2. The van der Waals surface area contributed by atoms with Gasteiger partial charge in [0, 0.05) is 18.2 Å². The maximum Gasteiger partial charge on any atom is 0.251 e. The summed E-state index contributed by atoms with van der Waals surface area (Å²) in [6, 6.07) is 7.49. The fourth-order valence-electron chi connectivity index (χ4n) is 1.91. The molecule has 1 amide bonds. The van der Waals surface area contributed by atoms with Crippen LogP contribution in [0.2, 0.25) is 0 Å². The summed E-state index contributed by atoms with van der Waals surface area (Å²) in [5.74, 6) is -0.0681. The predicted octanol–water partition coefficient (Wildman–Crippen LogP) is 2.52. The van der Waals surface area contributed by atoms with E-state index in [2.05, 4.69) is 26.1 Å². The van der Waals surface area contributed by atoms with E-state index in [9.17, 15) is 4.79 Å². The molecule has 1 rings (SSSR count). The Morgan fingerprint density at radius 3 is 2.44 bits per heavy atom. The fraction of sp³-hybridized carbons (Fsp3) is 0.533. The molecule has 0 aliphatic carbocycles. The first kappa shape index (κ1) is 14.7. The third-order valence-electron chi connectivity index (χ3n) is 3.16. The number of hydrogen-bond donors (Lipinski definition) is 2. The van der Waals surface area contributed by atoms with Crippen LogP contribution in [-0.4, -0.2) is 23.7 Å². The van der Waals surface area contributed by atoms with E-state index in [0.29, 0.717) is 12.0 Å². The molecule has 0 fully saturated rings. The topological polar surface area (TPSA) is 49.3 Å². The zero-order chi connectivity index (χ0) is 13.8. The van der Waals surface area contributed by atoms with E-state index in [1.807, 2.05) is 31.2 Å². The molecule has 2 N–H and O–H groups in total. The smallest absolute Gasteiger partial charge is 0.251 e. The number of aliphatic hydroxyl groups excluding tert-OH is 1. The Bertz CT molecular complexity index is 407. The Balaban J connectivity index is 2.82. The number of nitrogens with one attached hydrogen (secondary N) is 1. The summed E-state index contributed by atoms with van der Waals surface area (Å²) < 4.78 is 0. The number of carbonyl (C=O) groups excluding carboxylic acids is 1. The SMILES string of the molecule is Cc1ccccc1C(=O)N[C@H](CCO)C(C)(C)C. The van der Waals surface area contributed by atoms with Crippen molar-refractivity contribution < 1.29 is 9.90 Å². The summed E-state index contributed by atoms with van der Waals surface area (Å²) in [6.07, 6.45) is 0.571. The van der Waals surface area contributed by atoms with Crippen molar-refractivity contribution in [2.24, 2.45) is 5.41 Å². The molecule has 100 valence electrons. The Kier molecular flexibility index (Phi) is 4.91. The van der Waals surface area contributed by atoms with Crippen molar-refractivity contribution in [3.63, 3.8) is 0 Å². The average molecular weight is 249 g/mol. The molecule has 1 aromatic carbocycles. The molecule has 0 aliphatic rings. The zero-order valence-corrected chi connectivity index (χ0v) is 11.7. The lowest BCUT2D eigenvalue weighted by Gasteiger charge is -2.31. The van der Waals surface area contributed by atoms with Gasteiger partial charge in [-0.3, -0.25) is 4.79 Å². The van der Waals surface area contributed by atoms with Crippen molar-refractivity contribution in [1.29, 1.82) is 0 Å². The highest BCUT2D eigenvalue weighted by molar-refractivity contribution is 5.95. The summed E-state index contributed by atoms with van der Waals surface area (Å²) in [7, 11) is 0. The molecule has 1 atom stereocenters. The minimum absolute atomic E-state index is 0.0328. The molecular weight excluding hydrogens is 226 g/mol. The molecule has 18 heavy (non-hydrogen) atoms. The van der Waals surface area contributed by atoms with Gasteiger partial charge in [0.05, 0.1) is 0 Å². The van der Waals surface area contributed by atoms with Gasteiger partial charge in [-0.05, 0) is 30.4 Å². The molecule has 1 aromatic rings. The fourth-order valence-corrected chi connectivity index (χ4v) is 1.91. The first-order valence-electron chi connectivity index (χ1n) is 6.33. The van der Waals surface area contributed by atoms with E-state index >= 15 is 0 Å². The quantitative estimate of drug-likeness (QED) is 0.861. The zero-order valence-electron chi connectivity index (χ0n) is 11.7. The molecular formula is C15H23NO2. The standard InChI is InChI=1S/C15H23NO2/c1-11-7-5-6-8-12(11)14(18)16-13(9-10-17)15(2,3)4/h5-8,13,17H,9-10H2,1-4H3,(H,16,18)/t13-/m1/s1. The first-order valence-corrected chi connectivity index (χ1v) is 6.33. The van der Waals surface area contributed by atoms with Crippen molar-refractivity contribution in [3.8, 4) is 0 Å². The summed E-state index contributed by atoms with van der Waals surface area (Å²) >= 11 is 0. The molecule has 0 aliphatic heterocycles. The molecule has 0 aromatic heterocycles. The Hall–Kier alpha value is -1.35. The minimum atomic E-state index is -0.0684. The number of hydrogen-bond acceptors (Lipinski definition) is 2. The van der Waals surface area contributed by atoms with Crippen LogP contribution in [0.15, 0.2) is 24.3 Å². The Morgan fingerprint density at radius 1 is 1.33 bits per heavy atom. The van der Waals surface area contributed by atoms with E-state index in [4.69, 9.17) is 5.11 Å². The minimum Gasteiger partial charge on any atom is -0.396 e. The van der Waals surface area contributed by atoms with E-state index in [1.165, 1.54) is 0 Å². The second-order valence-corrected chi connectivity index (χ2v) is 5.72. The molecule has 0 spiro atoms.